The van der Waals surface area contributed by atoms with E-state index in [0.717, 1.165) is 37.6 Å². The standard InChI is InChI=1S/C26H29N5O2/c1-20(21-9-3-2-4-10-21)28-26(33)22-11-5-6-12-23(22)29-25(32)19-30-15-17-31(18-16-30)24-13-7-8-14-27-24/h2-14,20H,15-19H2,1H3,(H,28,33)(H,29,32). The molecule has 1 unspecified atom stereocenters. The molecule has 2 N–H and O–H groups in total. The molecule has 4 rings (SSSR count). The van der Waals surface area contributed by atoms with Crippen LogP contribution in [0.5, 0.6) is 0 Å². The number of para-hydroxylation sites is 1. The van der Waals surface area contributed by atoms with Crippen molar-refractivity contribution in [3.63, 3.8) is 0 Å². The Morgan fingerprint density at radius 3 is 2.33 bits per heavy atom. The largest absolute Gasteiger partial charge is 0.354 e. The molecule has 1 aliphatic heterocycles. The first kappa shape index (κ1) is 22.5. The molecule has 3 aromatic rings. The number of anilines is 2. The summed E-state index contributed by atoms with van der Waals surface area (Å²) in [5, 5.41) is 5.94. The molecular formula is C26H29N5O2. The fourth-order valence-electron chi connectivity index (χ4n) is 3.96. The summed E-state index contributed by atoms with van der Waals surface area (Å²) >= 11 is 0. The predicted octanol–water partition coefficient (Wildman–Crippen LogP) is 3.33. The van der Waals surface area contributed by atoms with Gasteiger partial charge < -0.3 is 15.5 Å². The van der Waals surface area contributed by atoms with Crippen LogP contribution in [-0.4, -0.2) is 54.4 Å². The van der Waals surface area contributed by atoms with Gasteiger partial charge in [0.15, 0.2) is 0 Å². The average Bonchev–Trinajstić information content (AvgIpc) is 2.86. The molecule has 0 spiro atoms. The highest BCUT2D eigenvalue weighted by Crippen LogP contribution is 2.18. The molecule has 7 heteroatoms. The molecule has 1 fully saturated rings. The Kier molecular flexibility index (Phi) is 7.32. The lowest BCUT2D eigenvalue weighted by molar-refractivity contribution is -0.117. The van der Waals surface area contributed by atoms with Gasteiger partial charge in [0.25, 0.3) is 5.91 Å². The van der Waals surface area contributed by atoms with Crippen LogP contribution < -0.4 is 15.5 Å². The number of hydrogen-bond acceptors (Lipinski definition) is 5. The fourth-order valence-corrected chi connectivity index (χ4v) is 3.96. The first-order valence-electron chi connectivity index (χ1n) is 11.2. The van der Waals surface area contributed by atoms with Crippen LogP contribution in [0.1, 0.15) is 28.9 Å². The predicted molar refractivity (Wildman–Crippen MR) is 130 cm³/mol. The smallest absolute Gasteiger partial charge is 0.253 e. The summed E-state index contributed by atoms with van der Waals surface area (Å²) in [5.41, 5.74) is 2.00. The molecule has 0 radical (unpaired) electrons. The number of hydrogen-bond donors (Lipinski definition) is 2. The van der Waals surface area contributed by atoms with E-state index in [1.165, 1.54) is 0 Å². The van der Waals surface area contributed by atoms with Crippen molar-refractivity contribution >= 4 is 23.3 Å². The Morgan fingerprint density at radius 2 is 1.61 bits per heavy atom. The maximum atomic E-state index is 12.9. The van der Waals surface area contributed by atoms with E-state index in [-0.39, 0.29) is 24.4 Å². The molecule has 1 saturated heterocycles. The van der Waals surface area contributed by atoms with Crippen molar-refractivity contribution in [2.75, 3.05) is 42.9 Å². The van der Waals surface area contributed by atoms with Crippen LogP contribution in [0, 0.1) is 0 Å². The van der Waals surface area contributed by atoms with Gasteiger partial charge in [0.2, 0.25) is 5.91 Å². The first-order chi connectivity index (χ1) is 16.1. The van der Waals surface area contributed by atoms with E-state index in [1.54, 1.807) is 24.4 Å². The van der Waals surface area contributed by atoms with Gasteiger partial charge in [-0.15, -0.1) is 0 Å². The zero-order valence-electron chi connectivity index (χ0n) is 18.8. The average molecular weight is 444 g/mol. The quantitative estimate of drug-likeness (QED) is 0.586. The lowest BCUT2D eigenvalue weighted by Crippen LogP contribution is -2.49. The van der Waals surface area contributed by atoms with Crippen molar-refractivity contribution in [1.29, 1.82) is 0 Å². The lowest BCUT2D eigenvalue weighted by Gasteiger charge is -2.35. The molecule has 0 saturated carbocycles. The number of nitrogens with zero attached hydrogens (tertiary/aromatic N) is 3. The van der Waals surface area contributed by atoms with Crippen LogP contribution in [0.3, 0.4) is 0 Å². The molecule has 2 aromatic carbocycles. The van der Waals surface area contributed by atoms with E-state index in [2.05, 4.69) is 25.4 Å². The Bertz CT molecular complexity index is 1070. The Labute approximate surface area is 194 Å². The molecular weight excluding hydrogens is 414 g/mol. The second-order valence-electron chi connectivity index (χ2n) is 8.15. The van der Waals surface area contributed by atoms with E-state index < -0.39 is 0 Å². The van der Waals surface area contributed by atoms with Gasteiger partial charge >= 0.3 is 0 Å². The SMILES string of the molecule is CC(NC(=O)c1ccccc1NC(=O)CN1CCN(c2ccccn2)CC1)c1ccccc1. The summed E-state index contributed by atoms with van der Waals surface area (Å²) in [5.74, 6) is 0.621. The molecule has 33 heavy (non-hydrogen) atoms. The highest BCUT2D eigenvalue weighted by atomic mass is 16.2. The Balaban J connectivity index is 1.32. The van der Waals surface area contributed by atoms with Gasteiger partial charge in [0, 0.05) is 32.4 Å². The molecule has 0 bridgehead atoms. The van der Waals surface area contributed by atoms with Crippen molar-refractivity contribution in [3.8, 4) is 0 Å². The monoisotopic (exact) mass is 443 g/mol. The van der Waals surface area contributed by atoms with Gasteiger partial charge in [0.05, 0.1) is 23.8 Å². The maximum Gasteiger partial charge on any atom is 0.253 e. The summed E-state index contributed by atoms with van der Waals surface area (Å²) in [6, 6.07) is 22.7. The second-order valence-corrected chi connectivity index (χ2v) is 8.15. The third-order valence-electron chi connectivity index (χ3n) is 5.81. The summed E-state index contributed by atoms with van der Waals surface area (Å²) in [6.07, 6.45) is 1.79. The zero-order chi connectivity index (χ0) is 23.0. The summed E-state index contributed by atoms with van der Waals surface area (Å²) in [4.78, 5) is 34.4. The Morgan fingerprint density at radius 1 is 0.909 bits per heavy atom. The minimum atomic E-state index is -0.216. The van der Waals surface area contributed by atoms with Crippen LogP contribution in [0.15, 0.2) is 79.0 Å². The summed E-state index contributed by atoms with van der Waals surface area (Å²) in [6.45, 7) is 5.42. The molecule has 2 heterocycles. The molecule has 1 atom stereocenters. The van der Waals surface area contributed by atoms with Crippen molar-refractivity contribution in [2.45, 2.75) is 13.0 Å². The number of carbonyl (C=O) groups excluding carboxylic acids is 2. The fraction of sp³-hybridized carbons (Fsp3) is 0.269. The number of piperazine rings is 1. The highest BCUT2D eigenvalue weighted by Gasteiger charge is 2.21. The molecule has 2 amide bonds. The maximum absolute atomic E-state index is 12.9. The summed E-state index contributed by atoms with van der Waals surface area (Å²) in [7, 11) is 0. The van der Waals surface area contributed by atoms with E-state index >= 15 is 0 Å². The zero-order valence-corrected chi connectivity index (χ0v) is 18.8. The lowest BCUT2D eigenvalue weighted by atomic mass is 10.1. The van der Waals surface area contributed by atoms with E-state index in [0.29, 0.717) is 11.3 Å². The molecule has 0 aliphatic carbocycles. The van der Waals surface area contributed by atoms with Crippen molar-refractivity contribution in [1.82, 2.24) is 15.2 Å². The van der Waals surface area contributed by atoms with Crippen molar-refractivity contribution in [3.05, 3.63) is 90.1 Å². The normalized spacial score (nSPS) is 15.0. The molecule has 1 aromatic heterocycles. The van der Waals surface area contributed by atoms with Crippen molar-refractivity contribution in [2.24, 2.45) is 0 Å². The van der Waals surface area contributed by atoms with Crippen LogP contribution in [0.2, 0.25) is 0 Å². The van der Waals surface area contributed by atoms with Gasteiger partial charge in [-0.1, -0.05) is 48.5 Å². The molecule has 170 valence electrons. The second kappa shape index (κ2) is 10.7. The number of amides is 2. The van der Waals surface area contributed by atoms with Gasteiger partial charge in [-0.05, 0) is 36.8 Å². The first-order valence-corrected chi connectivity index (χ1v) is 11.2. The highest BCUT2D eigenvalue weighted by molar-refractivity contribution is 6.04. The van der Waals surface area contributed by atoms with Crippen LogP contribution in [0.4, 0.5) is 11.5 Å². The van der Waals surface area contributed by atoms with E-state index in [4.69, 9.17) is 0 Å². The minimum absolute atomic E-state index is 0.127. The van der Waals surface area contributed by atoms with Crippen LogP contribution in [-0.2, 0) is 4.79 Å². The molecule has 1 aliphatic rings. The van der Waals surface area contributed by atoms with Gasteiger partial charge in [0.1, 0.15) is 5.82 Å². The van der Waals surface area contributed by atoms with Crippen LogP contribution >= 0.6 is 0 Å². The number of carbonyl (C=O) groups is 2. The number of benzene rings is 2. The van der Waals surface area contributed by atoms with E-state index in [1.807, 2.05) is 61.5 Å². The number of pyridine rings is 1. The van der Waals surface area contributed by atoms with Crippen LogP contribution in [0.25, 0.3) is 0 Å². The molecule has 7 nitrogen and oxygen atoms in total. The topological polar surface area (TPSA) is 77.6 Å². The minimum Gasteiger partial charge on any atom is -0.354 e. The van der Waals surface area contributed by atoms with Gasteiger partial charge in [-0.3, -0.25) is 14.5 Å². The van der Waals surface area contributed by atoms with Gasteiger partial charge in [-0.2, -0.15) is 0 Å². The Hall–Kier alpha value is -3.71. The van der Waals surface area contributed by atoms with E-state index in [9.17, 15) is 9.59 Å². The van der Waals surface area contributed by atoms with Crippen molar-refractivity contribution < 1.29 is 9.59 Å². The number of rotatable bonds is 7. The van der Waals surface area contributed by atoms with Gasteiger partial charge in [-0.25, -0.2) is 4.98 Å². The number of aromatic nitrogens is 1. The third kappa shape index (κ3) is 5.96. The summed E-state index contributed by atoms with van der Waals surface area (Å²) < 4.78 is 0. The third-order valence-corrected chi connectivity index (χ3v) is 5.81. The number of nitrogens with one attached hydrogen (secondary N) is 2.